The summed E-state index contributed by atoms with van der Waals surface area (Å²) >= 11 is 0. The van der Waals surface area contributed by atoms with Crippen molar-refractivity contribution in [3.05, 3.63) is 30.3 Å². The summed E-state index contributed by atoms with van der Waals surface area (Å²) in [4.78, 5) is 10.3. The number of para-hydroxylation sites is 1. The number of rotatable bonds is 13. The first kappa shape index (κ1) is 24.7. The molecule has 1 aromatic rings. The predicted molar refractivity (Wildman–Crippen MR) is 115 cm³/mol. The molecule has 0 saturated heterocycles. The molecule has 150 valence electrons. The highest BCUT2D eigenvalue weighted by atomic mass is 16.4. The van der Waals surface area contributed by atoms with Gasteiger partial charge in [-0.05, 0) is 18.6 Å². The Bertz CT molecular complexity index is 437. The molecule has 0 heterocycles. The van der Waals surface area contributed by atoms with Crippen LogP contribution in [0.1, 0.15) is 84.0 Å². The van der Waals surface area contributed by atoms with Crippen molar-refractivity contribution in [2.45, 2.75) is 84.0 Å². The molecule has 3 heteroatoms. The fourth-order valence-electron chi connectivity index (χ4n) is 2.82. The maximum Gasteiger partial charge on any atom is 0.303 e. The second-order valence-electron chi connectivity index (χ2n) is 8.03. The lowest BCUT2D eigenvalue weighted by atomic mass is 10.1. The number of aliphatic carboxylic acids is 1. The number of benzene rings is 1. The van der Waals surface area contributed by atoms with Crippen molar-refractivity contribution in [3.8, 4) is 0 Å². The van der Waals surface area contributed by atoms with Gasteiger partial charge in [0.25, 0.3) is 0 Å². The van der Waals surface area contributed by atoms with Gasteiger partial charge in [0.1, 0.15) is 5.69 Å². The molecule has 0 aliphatic carbocycles. The van der Waals surface area contributed by atoms with Gasteiger partial charge in [0.15, 0.2) is 0 Å². The number of carbonyl (C=O) groups is 1. The van der Waals surface area contributed by atoms with Crippen LogP contribution in [0.5, 0.6) is 0 Å². The van der Waals surface area contributed by atoms with Crippen LogP contribution in [0.4, 0.5) is 5.69 Å². The first-order valence-electron chi connectivity index (χ1n) is 10.5. The molecule has 0 spiro atoms. The van der Waals surface area contributed by atoms with Crippen LogP contribution in [0, 0.1) is 0 Å². The van der Waals surface area contributed by atoms with Crippen LogP contribution in [-0.2, 0) is 4.79 Å². The third-order valence-electron chi connectivity index (χ3n) is 4.52. The highest BCUT2D eigenvalue weighted by Gasteiger charge is 2.08. The Balaban J connectivity index is 0.000000531. The van der Waals surface area contributed by atoms with Gasteiger partial charge in [-0.2, -0.15) is 0 Å². The van der Waals surface area contributed by atoms with Crippen LogP contribution in [-0.4, -0.2) is 32.2 Å². The Morgan fingerprint density at radius 3 is 1.54 bits per heavy atom. The third kappa shape index (κ3) is 16.1. The van der Waals surface area contributed by atoms with Crippen LogP contribution in [0.25, 0.3) is 0 Å². The van der Waals surface area contributed by atoms with E-state index < -0.39 is 5.97 Å². The van der Waals surface area contributed by atoms with Crippen molar-refractivity contribution in [1.82, 2.24) is 4.48 Å². The van der Waals surface area contributed by atoms with Crippen molar-refractivity contribution >= 4 is 11.7 Å². The summed E-state index contributed by atoms with van der Waals surface area (Å²) in [7, 11) is 6.49. The first-order valence-corrected chi connectivity index (χ1v) is 10.5. The van der Waals surface area contributed by atoms with E-state index in [4.69, 9.17) is 5.11 Å². The van der Waals surface area contributed by atoms with E-state index in [2.05, 4.69) is 52.3 Å². The van der Waals surface area contributed by atoms with Crippen molar-refractivity contribution in [2.75, 3.05) is 21.1 Å². The SMILES string of the molecule is CCCCCCCCCCCCCC(=O)O.C[N+](C)(C)c1ccccc1. The molecule has 0 bridgehead atoms. The fourth-order valence-corrected chi connectivity index (χ4v) is 2.82. The summed E-state index contributed by atoms with van der Waals surface area (Å²) in [6.45, 7) is 2.25. The van der Waals surface area contributed by atoms with Crippen molar-refractivity contribution in [3.63, 3.8) is 0 Å². The van der Waals surface area contributed by atoms with E-state index in [0.29, 0.717) is 6.42 Å². The van der Waals surface area contributed by atoms with E-state index in [-0.39, 0.29) is 0 Å². The zero-order chi connectivity index (χ0) is 19.7. The van der Waals surface area contributed by atoms with Crippen molar-refractivity contribution in [1.29, 1.82) is 0 Å². The van der Waals surface area contributed by atoms with Crippen LogP contribution in [0.2, 0.25) is 0 Å². The minimum Gasteiger partial charge on any atom is -0.481 e. The van der Waals surface area contributed by atoms with E-state index in [1.54, 1.807) is 0 Å². The van der Waals surface area contributed by atoms with Gasteiger partial charge in [-0.1, -0.05) is 89.3 Å². The molecule has 0 unspecified atom stereocenters. The zero-order valence-corrected chi connectivity index (χ0v) is 17.7. The smallest absolute Gasteiger partial charge is 0.303 e. The quantitative estimate of drug-likeness (QED) is 0.314. The van der Waals surface area contributed by atoms with Gasteiger partial charge in [0.2, 0.25) is 0 Å². The van der Waals surface area contributed by atoms with E-state index in [1.165, 1.54) is 63.5 Å². The second-order valence-corrected chi connectivity index (χ2v) is 8.03. The molecular weight excluding hydrogens is 322 g/mol. The van der Waals surface area contributed by atoms with Crippen molar-refractivity contribution in [2.24, 2.45) is 0 Å². The van der Waals surface area contributed by atoms with Crippen LogP contribution in [0.15, 0.2) is 30.3 Å². The molecule has 1 aromatic carbocycles. The fraction of sp³-hybridized carbons (Fsp3) is 0.696. The van der Waals surface area contributed by atoms with Crippen LogP contribution < -0.4 is 4.48 Å². The Labute approximate surface area is 162 Å². The normalized spacial score (nSPS) is 10.9. The molecule has 0 amide bonds. The number of carboxylic acid groups (broad SMARTS) is 1. The molecule has 0 radical (unpaired) electrons. The van der Waals surface area contributed by atoms with Crippen molar-refractivity contribution < 1.29 is 9.90 Å². The van der Waals surface area contributed by atoms with E-state index in [9.17, 15) is 4.79 Å². The summed E-state index contributed by atoms with van der Waals surface area (Å²) in [5.74, 6) is -0.657. The lowest BCUT2D eigenvalue weighted by molar-refractivity contribution is -0.137. The molecular formula is C23H42NO2+. The highest BCUT2D eigenvalue weighted by Crippen LogP contribution is 2.14. The van der Waals surface area contributed by atoms with Crippen LogP contribution >= 0.6 is 0 Å². The number of carboxylic acids is 1. The maximum absolute atomic E-state index is 10.3. The minimum absolute atomic E-state index is 0.344. The van der Waals surface area contributed by atoms with Gasteiger partial charge in [0, 0.05) is 6.42 Å². The number of quaternary nitrogens is 1. The molecule has 0 aromatic heterocycles. The molecule has 0 aliphatic heterocycles. The molecule has 26 heavy (non-hydrogen) atoms. The number of nitrogens with zero attached hydrogens (tertiary/aromatic N) is 1. The minimum atomic E-state index is -0.657. The number of hydrogen-bond acceptors (Lipinski definition) is 1. The lowest BCUT2D eigenvalue weighted by Gasteiger charge is -2.22. The average Bonchev–Trinajstić information content (AvgIpc) is 2.60. The molecule has 0 saturated carbocycles. The Kier molecular flexibility index (Phi) is 15.0. The Morgan fingerprint density at radius 2 is 1.19 bits per heavy atom. The monoisotopic (exact) mass is 364 g/mol. The molecule has 0 aliphatic rings. The molecule has 0 atom stereocenters. The maximum atomic E-state index is 10.3. The summed E-state index contributed by atoms with van der Waals surface area (Å²) in [6, 6.07) is 10.5. The lowest BCUT2D eigenvalue weighted by Crippen LogP contribution is -2.34. The summed E-state index contributed by atoms with van der Waals surface area (Å²) in [5.41, 5.74) is 1.34. The van der Waals surface area contributed by atoms with E-state index in [1.807, 2.05) is 6.07 Å². The topological polar surface area (TPSA) is 37.3 Å². The summed E-state index contributed by atoms with van der Waals surface area (Å²) in [6.07, 6.45) is 14.4. The van der Waals surface area contributed by atoms with E-state index in [0.717, 1.165) is 17.3 Å². The molecule has 1 rings (SSSR count). The van der Waals surface area contributed by atoms with Gasteiger partial charge in [-0.15, -0.1) is 0 Å². The average molecular weight is 365 g/mol. The van der Waals surface area contributed by atoms with Gasteiger partial charge in [0.05, 0.1) is 21.1 Å². The summed E-state index contributed by atoms with van der Waals surface area (Å²) < 4.78 is 0.890. The van der Waals surface area contributed by atoms with Gasteiger partial charge < -0.3 is 5.11 Å². The van der Waals surface area contributed by atoms with Gasteiger partial charge >= 0.3 is 5.97 Å². The van der Waals surface area contributed by atoms with Gasteiger partial charge in [-0.25, -0.2) is 0 Å². The van der Waals surface area contributed by atoms with Crippen LogP contribution in [0.3, 0.4) is 0 Å². The second kappa shape index (κ2) is 15.9. The largest absolute Gasteiger partial charge is 0.481 e. The zero-order valence-electron chi connectivity index (χ0n) is 17.7. The highest BCUT2D eigenvalue weighted by molar-refractivity contribution is 5.66. The molecule has 1 N–H and O–H groups in total. The van der Waals surface area contributed by atoms with E-state index >= 15 is 0 Å². The molecule has 3 nitrogen and oxygen atoms in total. The molecule has 0 fully saturated rings. The third-order valence-corrected chi connectivity index (χ3v) is 4.52. The Morgan fingerprint density at radius 1 is 0.769 bits per heavy atom. The Hall–Kier alpha value is -1.35. The number of hydrogen-bond donors (Lipinski definition) is 1. The predicted octanol–water partition coefficient (Wildman–Crippen LogP) is 6.66. The summed E-state index contributed by atoms with van der Waals surface area (Å²) in [5, 5.41) is 8.46. The number of unbranched alkanes of at least 4 members (excludes halogenated alkanes) is 10. The van der Waals surface area contributed by atoms with Gasteiger partial charge in [-0.3, -0.25) is 9.28 Å². The standard InChI is InChI=1S/C14H28O2.C9H14N/c1-2-3-4-5-6-7-8-9-10-11-12-13-14(15)16;1-10(2,3)9-7-5-4-6-8-9/h2-13H2,1H3,(H,15,16);4-8H,1-3H3/q;+1. The first-order chi connectivity index (χ1) is 12.4.